The molecule has 0 atom stereocenters. The maximum Gasteiger partial charge on any atom is 0.338 e. The van der Waals surface area contributed by atoms with Gasteiger partial charge >= 0.3 is 5.97 Å². The van der Waals surface area contributed by atoms with Gasteiger partial charge in [0.05, 0.1) is 12.7 Å². The molecule has 1 rings (SSSR count). The second-order valence-corrected chi connectivity index (χ2v) is 12.5. The van der Waals surface area contributed by atoms with Crippen LogP contribution < -0.4 is 0 Å². The first kappa shape index (κ1) is 23.2. The Morgan fingerprint density at radius 2 is 1.04 bits per heavy atom. The lowest BCUT2D eigenvalue weighted by atomic mass is 9.70. The summed E-state index contributed by atoms with van der Waals surface area (Å²) in [4.78, 5) is 13.0. The summed E-state index contributed by atoms with van der Waals surface area (Å²) in [5, 5.41) is 2.60. The van der Waals surface area contributed by atoms with Crippen LogP contribution in [0.1, 0.15) is 115 Å². The fourth-order valence-electron chi connectivity index (χ4n) is 3.45. The Balaban J connectivity index is 4.36. The monoisotopic (exact) mass is 378 g/mol. The normalized spacial score (nSPS) is 14.0. The number of carbonyl (C=O) groups is 1. The van der Waals surface area contributed by atoms with Crippen molar-refractivity contribution >= 4 is 14.2 Å². The van der Waals surface area contributed by atoms with Gasteiger partial charge in [-0.3, -0.25) is 0 Å². The van der Waals surface area contributed by atoms with Crippen LogP contribution in [0.5, 0.6) is 0 Å². The summed E-state index contributed by atoms with van der Waals surface area (Å²) in [6.45, 7) is 26.8. The van der Waals surface area contributed by atoms with Crippen LogP contribution in [-0.2, 0) is 26.4 Å². The summed E-state index contributed by atoms with van der Waals surface area (Å²) in [7, 11) is 2.65. The van der Waals surface area contributed by atoms with Crippen molar-refractivity contribution < 1.29 is 9.53 Å². The molecule has 1 heterocycles. The molecule has 0 fully saturated rings. The number of hydrogen-bond acceptors (Lipinski definition) is 2. The molecule has 0 aliphatic carbocycles. The zero-order valence-corrected chi connectivity index (χ0v) is 20.2. The molecule has 1 aromatic rings. The van der Waals surface area contributed by atoms with E-state index < -0.39 is 0 Å². The molecular weight excluding hydrogens is 339 g/mol. The molecule has 26 heavy (non-hydrogen) atoms. The predicted molar refractivity (Wildman–Crippen MR) is 115 cm³/mol. The lowest BCUT2D eigenvalue weighted by molar-refractivity contribution is 0.0595. The molecule has 0 bridgehead atoms. The highest BCUT2D eigenvalue weighted by Gasteiger charge is 2.39. The minimum absolute atomic E-state index is 0.0266. The van der Waals surface area contributed by atoms with Gasteiger partial charge in [0.2, 0.25) is 0 Å². The Hall–Kier alpha value is -0.880. The minimum Gasteiger partial charge on any atom is -0.465 e. The van der Waals surface area contributed by atoms with E-state index in [2.05, 4.69) is 83.1 Å². The van der Waals surface area contributed by atoms with Crippen LogP contribution in [0.3, 0.4) is 0 Å². The van der Waals surface area contributed by atoms with Gasteiger partial charge < -0.3 is 4.74 Å². The van der Waals surface area contributed by atoms with E-state index in [1.54, 1.807) is 0 Å². The summed E-state index contributed by atoms with van der Waals surface area (Å²) < 4.78 is 5.28. The van der Waals surface area contributed by atoms with Crippen molar-refractivity contribution in [1.29, 1.82) is 0 Å². The Kier molecular flexibility index (Phi) is 6.18. The van der Waals surface area contributed by atoms with Crippen LogP contribution in [0.15, 0.2) is 0 Å². The summed E-state index contributed by atoms with van der Waals surface area (Å²) >= 11 is 0. The van der Waals surface area contributed by atoms with E-state index in [4.69, 9.17) is 4.74 Å². The Morgan fingerprint density at radius 3 is 1.31 bits per heavy atom. The first-order chi connectivity index (χ1) is 11.3. The molecule has 0 aliphatic heterocycles. The van der Waals surface area contributed by atoms with Gasteiger partial charge in [-0.1, -0.05) is 91.3 Å². The molecule has 3 heteroatoms. The number of methoxy groups -OCH3 is 1. The molecule has 0 radical (unpaired) electrons. The van der Waals surface area contributed by atoms with Crippen molar-refractivity contribution in [3.63, 3.8) is 0 Å². The highest BCUT2D eigenvalue weighted by molar-refractivity contribution is 7.32. The number of esters is 1. The fraction of sp³-hybridized carbons (Fsp3) is 0.739. The second-order valence-electron chi connectivity index (χ2n) is 11.4. The molecule has 2 nitrogen and oxygen atoms in total. The molecular formula is C23H39O2P. The quantitative estimate of drug-likeness (QED) is 0.481. The largest absolute Gasteiger partial charge is 0.465 e. The molecule has 1 aromatic heterocycles. The number of hydrogen-bond donors (Lipinski definition) is 0. The van der Waals surface area contributed by atoms with E-state index in [9.17, 15) is 4.79 Å². The molecule has 148 valence electrons. The average molecular weight is 379 g/mol. The number of carbonyl (C=O) groups excluding carboxylic acids is 1. The molecule has 0 saturated carbocycles. The van der Waals surface area contributed by atoms with Gasteiger partial charge in [0.15, 0.2) is 0 Å². The van der Waals surface area contributed by atoms with E-state index in [1.165, 1.54) is 23.3 Å². The Bertz CT molecular complexity index is 687. The molecule has 0 amide bonds. The molecule has 0 aliphatic rings. The van der Waals surface area contributed by atoms with E-state index in [0.717, 1.165) is 19.3 Å². The SMILES string of the molecule is COC(=O)c1c(C(C)(C)C)pc(C(C)(C)C)c(C(C)(C)C)c1C(C)(C)C. The minimum atomic E-state index is -0.206. The highest BCUT2D eigenvalue weighted by atomic mass is 31.0. The highest BCUT2D eigenvalue weighted by Crippen LogP contribution is 2.50. The lowest BCUT2D eigenvalue weighted by Gasteiger charge is -2.39. The number of rotatable bonds is 1. The van der Waals surface area contributed by atoms with Gasteiger partial charge in [-0.05, 0) is 43.4 Å². The van der Waals surface area contributed by atoms with Crippen LogP contribution >= 0.6 is 8.19 Å². The van der Waals surface area contributed by atoms with Crippen LogP contribution in [0.4, 0.5) is 0 Å². The van der Waals surface area contributed by atoms with Gasteiger partial charge in [0.25, 0.3) is 0 Å². The summed E-state index contributed by atoms with van der Waals surface area (Å²) in [5.41, 5.74) is 2.99. The van der Waals surface area contributed by atoms with Crippen LogP contribution in [0, 0.1) is 0 Å². The van der Waals surface area contributed by atoms with Crippen molar-refractivity contribution in [3.8, 4) is 0 Å². The first-order valence-electron chi connectivity index (χ1n) is 9.51. The van der Waals surface area contributed by atoms with E-state index in [-0.39, 0.29) is 27.6 Å². The van der Waals surface area contributed by atoms with Crippen molar-refractivity contribution in [2.45, 2.75) is 105 Å². The first-order valence-corrected chi connectivity index (χ1v) is 10.4. The third-order valence-corrected chi connectivity index (χ3v) is 6.74. The van der Waals surface area contributed by atoms with Gasteiger partial charge in [-0.2, -0.15) is 0 Å². The molecule has 0 aromatic carbocycles. The van der Waals surface area contributed by atoms with E-state index >= 15 is 0 Å². The zero-order valence-electron chi connectivity index (χ0n) is 19.3. The summed E-state index contributed by atoms with van der Waals surface area (Å²) in [6.07, 6.45) is 0. The van der Waals surface area contributed by atoms with Gasteiger partial charge in [-0.15, -0.1) is 0 Å². The smallest absolute Gasteiger partial charge is 0.338 e. The van der Waals surface area contributed by atoms with Crippen molar-refractivity contribution in [3.05, 3.63) is 27.3 Å². The molecule has 0 N–H and O–H groups in total. The van der Waals surface area contributed by atoms with Crippen LogP contribution in [0.25, 0.3) is 0 Å². The lowest BCUT2D eigenvalue weighted by Crippen LogP contribution is -2.32. The van der Waals surface area contributed by atoms with Crippen LogP contribution in [0.2, 0.25) is 0 Å². The molecule has 0 saturated heterocycles. The van der Waals surface area contributed by atoms with Crippen molar-refractivity contribution in [2.24, 2.45) is 0 Å². The third-order valence-electron chi connectivity index (χ3n) is 4.51. The second kappa shape index (κ2) is 6.93. The van der Waals surface area contributed by atoms with E-state index in [0.29, 0.717) is 0 Å². The van der Waals surface area contributed by atoms with Gasteiger partial charge in [-0.25, -0.2) is 4.79 Å². The third kappa shape index (κ3) is 4.69. The van der Waals surface area contributed by atoms with Crippen molar-refractivity contribution in [1.82, 2.24) is 0 Å². The maximum absolute atomic E-state index is 13.0. The summed E-state index contributed by atoms with van der Waals surface area (Å²) in [6, 6.07) is 0. The Morgan fingerprint density at radius 1 is 0.654 bits per heavy atom. The zero-order chi connectivity index (χ0) is 20.9. The number of ether oxygens (including phenoxy) is 1. The maximum atomic E-state index is 13.0. The molecule has 0 unspecified atom stereocenters. The summed E-state index contributed by atoms with van der Waals surface area (Å²) in [5.74, 6) is -0.206. The van der Waals surface area contributed by atoms with Gasteiger partial charge in [0, 0.05) is 0 Å². The van der Waals surface area contributed by atoms with E-state index in [1.807, 2.05) is 0 Å². The predicted octanol–water partition coefficient (Wildman–Crippen LogP) is 7.24. The average Bonchev–Trinajstić information content (AvgIpc) is 2.40. The Labute approximate surface area is 163 Å². The standard InChI is InChI=1S/C23H39O2P/c1-20(2,3)15-14(19(24)25-13)17(22(7,8)9)26-18(23(10,11)12)16(15)21(4,5)6/h1-13H3. The van der Waals surface area contributed by atoms with Gasteiger partial charge in [0.1, 0.15) is 0 Å². The fourth-order valence-corrected chi connectivity index (χ4v) is 5.22. The topological polar surface area (TPSA) is 26.3 Å². The van der Waals surface area contributed by atoms with Crippen molar-refractivity contribution in [2.75, 3.05) is 7.11 Å². The van der Waals surface area contributed by atoms with Crippen LogP contribution in [-0.4, -0.2) is 13.1 Å². The molecule has 0 spiro atoms.